The summed E-state index contributed by atoms with van der Waals surface area (Å²) in [6, 6.07) is 14.7. The minimum Gasteiger partial charge on any atom is -0.496 e. The van der Waals surface area contributed by atoms with Crippen molar-refractivity contribution in [3.05, 3.63) is 58.6 Å². The van der Waals surface area contributed by atoms with Gasteiger partial charge in [0, 0.05) is 16.3 Å². The Labute approximate surface area is 143 Å². The number of anilines is 1. The lowest BCUT2D eigenvalue weighted by Gasteiger charge is -2.33. The van der Waals surface area contributed by atoms with Crippen molar-refractivity contribution in [2.24, 2.45) is 0 Å². The van der Waals surface area contributed by atoms with Crippen LogP contribution in [0.3, 0.4) is 0 Å². The van der Waals surface area contributed by atoms with Gasteiger partial charge in [0.05, 0.1) is 33.3 Å². The van der Waals surface area contributed by atoms with Crippen LogP contribution in [0.25, 0.3) is 0 Å². The number of quaternary nitrogens is 1. The lowest BCUT2D eigenvalue weighted by molar-refractivity contribution is -0.914. The molecule has 0 unspecified atom stereocenters. The van der Waals surface area contributed by atoms with Gasteiger partial charge in [-0.3, -0.25) is 0 Å². The SMILES string of the molecule is COc1ccc(C[NH+]2CCN(c3cccc(Cl)c3)CC2)cc1C. The number of ether oxygens (including phenoxy) is 1. The fourth-order valence-corrected chi connectivity index (χ4v) is 3.45. The van der Waals surface area contributed by atoms with Gasteiger partial charge >= 0.3 is 0 Å². The van der Waals surface area contributed by atoms with Crippen molar-refractivity contribution < 1.29 is 9.64 Å². The number of hydrogen-bond donors (Lipinski definition) is 1. The highest BCUT2D eigenvalue weighted by molar-refractivity contribution is 6.30. The first kappa shape index (κ1) is 16.2. The van der Waals surface area contributed by atoms with Crippen molar-refractivity contribution in [3.8, 4) is 5.75 Å². The van der Waals surface area contributed by atoms with Crippen LogP contribution in [-0.4, -0.2) is 33.3 Å². The molecule has 0 atom stereocenters. The van der Waals surface area contributed by atoms with E-state index in [-0.39, 0.29) is 0 Å². The Morgan fingerprint density at radius 2 is 1.91 bits per heavy atom. The molecule has 0 radical (unpaired) electrons. The first-order valence-corrected chi connectivity index (χ1v) is 8.51. The number of benzene rings is 2. The van der Waals surface area contributed by atoms with Crippen LogP contribution in [0.1, 0.15) is 11.1 Å². The van der Waals surface area contributed by atoms with E-state index >= 15 is 0 Å². The number of piperazine rings is 1. The zero-order valence-electron chi connectivity index (χ0n) is 13.8. The molecule has 3 nitrogen and oxygen atoms in total. The second-order valence-electron chi connectivity index (χ2n) is 6.20. The van der Waals surface area contributed by atoms with E-state index in [9.17, 15) is 0 Å². The molecule has 1 saturated heterocycles. The van der Waals surface area contributed by atoms with E-state index in [0.717, 1.165) is 43.5 Å². The number of nitrogens with one attached hydrogen (secondary N) is 1. The minimum atomic E-state index is 0.811. The Hall–Kier alpha value is -1.71. The Bertz CT molecular complexity index is 666. The number of rotatable bonds is 4. The molecule has 23 heavy (non-hydrogen) atoms. The van der Waals surface area contributed by atoms with Crippen LogP contribution in [0, 0.1) is 6.92 Å². The van der Waals surface area contributed by atoms with Crippen molar-refractivity contribution in [3.63, 3.8) is 0 Å². The first-order valence-electron chi connectivity index (χ1n) is 8.13. The molecule has 0 aromatic heterocycles. The Morgan fingerprint density at radius 3 is 2.57 bits per heavy atom. The number of halogens is 1. The third kappa shape index (κ3) is 3.98. The van der Waals surface area contributed by atoms with Gasteiger partial charge in [-0.1, -0.05) is 17.7 Å². The summed E-state index contributed by atoms with van der Waals surface area (Å²) in [6.45, 7) is 7.63. The van der Waals surface area contributed by atoms with E-state index in [2.05, 4.69) is 42.2 Å². The van der Waals surface area contributed by atoms with E-state index in [4.69, 9.17) is 16.3 Å². The Kier molecular flexibility index (Phi) is 5.09. The van der Waals surface area contributed by atoms with Crippen LogP contribution < -0.4 is 14.5 Å². The molecule has 0 bridgehead atoms. The van der Waals surface area contributed by atoms with E-state index < -0.39 is 0 Å². The summed E-state index contributed by atoms with van der Waals surface area (Å²) in [5, 5.41) is 0.811. The lowest BCUT2D eigenvalue weighted by Crippen LogP contribution is -3.13. The zero-order valence-corrected chi connectivity index (χ0v) is 14.6. The highest BCUT2D eigenvalue weighted by Crippen LogP contribution is 2.20. The second kappa shape index (κ2) is 7.24. The lowest BCUT2D eigenvalue weighted by atomic mass is 10.1. The first-order chi connectivity index (χ1) is 11.2. The van der Waals surface area contributed by atoms with Gasteiger partial charge in [-0.2, -0.15) is 0 Å². The van der Waals surface area contributed by atoms with Gasteiger partial charge in [-0.05, 0) is 48.9 Å². The summed E-state index contributed by atoms with van der Waals surface area (Å²) in [7, 11) is 1.72. The topological polar surface area (TPSA) is 16.9 Å². The summed E-state index contributed by atoms with van der Waals surface area (Å²) in [5.74, 6) is 0.967. The average molecular weight is 332 g/mol. The number of hydrogen-bond acceptors (Lipinski definition) is 2. The average Bonchev–Trinajstić information content (AvgIpc) is 2.56. The fraction of sp³-hybridized carbons (Fsp3) is 0.368. The van der Waals surface area contributed by atoms with E-state index in [1.807, 2.05) is 12.1 Å². The van der Waals surface area contributed by atoms with Gasteiger partial charge in [0.25, 0.3) is 0 Å². The molecule has 1 aliphatic heterocycles. The molecule has 0 amide bonds. The van der Waals surface area contributed by atoms with Crippen LogP contribution in [0.2, 0.25) is 5.02 Å². The molecule has 0 aliphatic carbocycles. The second-order valence-corrected chi connectivity index (χ2v) is 6.63. The molecule has 1 aliphatic rings. The molecule has 2 aromatic carbocycles. The van der Waals surface area contributed by atoms with Crippen LogP contribution in [0.4, 0.5) is 5.69 Å². The quantitative estimate of drug-likeness (QED) is 0.927. The molecular weight excluding hydrogens is 308 g/mol. The maximum atomic E-state index is 6.10. The van der Waals surface area contributed by atoms with Gasteiger partial charge in [-0.25, -0.2) is 0 Å². The summed E-state index contributed by atoms with van der Waals surface area (Å²) in [5.41, 5.74) is 3.83. The molecule has 4 heteroatoms. The molecular formula is C19H24ClN2O+. The molecule has 0 saturated carbocycles. The monoisotopic (exact) mass is 331 g/mol. The van der Waals surface area contributed by atoms with Gasteiger partial charge in [-0.15, -0.1) is 0 Å². The number of aryl methyl sites for hydroxylation is 1. The standard InChI is InChI=1S/C19H23ClN2O/c1-15-12-16(6-7-19(15)23-2)14-21-8-10-22(11-9-21)18-5-3-4-17(20)13-18/h3-7,12-13H,8-11,14H2,1-2H3/p+1. The van der Waals surface area contributed by atoms with Crippen LogP contribution >= 0.6 is 11.6 Å². The van der Waals surface area contributed by atoms with Gasteiger partial charge in [0.2, 0.25) is 0 Å². The van der Waals surface area contributed by atoms with Crippen molar-refractivity contribution in [2.75, 3.05) is 38.2 Å². The maximum Gasteiger partial charge on any atom is 0.121 e. The third-order valence-corrected chi connectivity index (χ3v) is 4.79. The maximum absolute atomic E-state index is 6.10. The van der Waals surface area contributed by atoms with Crippen LogP contribution in [0.15, 0.2) is 42.5 Å². The Morgan fingerprint density at radius 1 is 1.13 bits per heavy atom. The van der Waals surface area contributed by atoms with Crippen molar-refractivity contribution in [1.29, 1.82) is 0 Å². The number of methoxy groups -OCH3 is 1. The molecule has 122 valence electrons. The van der Waals surface area contributed by atoms with Crippen molar-refractivity contribution >= 4 is 17.3 Å². The summed E-state index contributed by atoms with van der Waals surface area (Å²) < 4.78 is 5.34. The molecule has 1 N–H and O–H groups in total. The van der Waals surface area contributed by atoms with E-state index in [0.29, 0.717) is 0 Å². The largest absolute Gasteiger partial charge is 0.496 e. The predicted octanol–water partition coefficient (Wildman–Crippen LogP) is 2.56. The predicted molar refractivity (Wildman–Crippen MR) is 95.8 cm³/mol. The third-order valence-electron chi connectivity index (χ3n) is 4.56. The summed E-state index contributed by atoms with van der Waals surface area (Å²) in [6.07, 6.45) is 0. The molecule has 2 aromatic rings. The van der Waals surface area contributed by atoms with E-state index in [1.165, 1.54) is 16.8 Å². The number of nitrogens with zero attached hydrogens (tertiary/aromatic N) is 1. The van der Waals surface area contributed by atoms with Gasteiger partial charge < -0.3 is 14.5 Å². The van der Waals surface area contributed by atoms with Crippen molar-refractivity contribution in [2.45, 2.75) is 13.5 Å². The Balaban J connectivity index is 1.58. The summed E-state index contributed by atoms with van der Waals surface area (Å²) in [4.78, 5) is 4.06. The normalized spacial score (nSPS) is 15.7. The highest BCUT2D eigenvalue weighted by atomic mass is 35.5. The smallest absolute Gasteiger partial charge is 0.121 e. The van der Waals surface area contributed by atoms with E-state index in [1.54, 1.807) is 12.0 Å². The fourth-order valence-electron chi connectivity index (χ4n) is 3.27. The minimum absolute atomic E-state index is 0.811. The highest BCUT2D eigenvalue weighted by Gasteiger charge is 2.20. The molecule has 0 spiro atoms. The summed E-state index contributed by atoms with van der Waals surface area (Å²) >= 11 is 6.10. The molecule has 1 fully saturated rings. The van der Waals surface area contributed by atoms with Crippen LogP contribution in [0.5, 0.6) is 5.75 Å². The van der Waals surface area contributed by atoms with Crippen molar-refractivity contribution in [1.82, 2.24) is 0 Å². The van der Waals surface area contributed by atoms with Crippen LogP contribution in [-0.2, 0) is 6.54 Å². The van der Waals surface area contributed by atoms with Gasteiger partial charge in [0.1, 0.15) is 12.3 Å². The van der Waals surface area contributed by atoms with Gasteiger partial charge in [0.15, 0.2) is 0 Å². The molecule has 1 heterocycles. The zero-order chi connectivity index (χ0) is 16.2. The molecule has 3 rings (SSSR count).